The molecule has 0 bridgehead atoms. The third-order valence-corrected chi connectivity index (χ3v) is 6.16. The smallest absolute Gasteiger partial charge is 0.0537 e. The summed E-state index contributed by atoms with van der Waals surface area (Å²) in [6.45, 7) is 2.34. The Bertz CT molecular complexity index is 340. The Hall–Kier alpha value is -0.130. The fraction of sp³-hybridized carbons (Fsp3) is 0.727. The van der Waals surface area contributed by atoms with E-state index in [0.29, 0.717) is 16.5 Å². The standard InChI is InChI=1S/C11H19N3S2/c1-8-11(16-5-4-15-8)10(12-2)9-6-13-14(3)7-9/h6-8,10-12H,4-5H2,1-3H3. The van der Waals surface area contributed by atoms with Crippen molar-refractivity contribution in [2.24, 2.45) is 7.05 Å². The molecular formula is C11H19N3S2. The van der Waals surface area contributed by atoms with E-state index >= 15 is 0 Å². The van der Waals surface area contributed by atoms with Crippen LogP contribution in [0.5, 0.6) is 0 Å². The van der Waals surface area contributed by atoms with Crippen LogP contribution in [0.2, 0.25) is 0 Å². The highest BCUT2D eigenvalue weighted by molar-refractivity contribution is 8.07. The first-order valence-corrected chi connectivity index (χ1v) is 7.71. The van der Waals surface area contributed by atoms with Crippen molar-refractivity contribution in [2.75, 3.05) is 18.6 Å². The lowest BCUT2D eigenvalue weighted by molar-refractivity contribution is 0.560. The summed E-state index contributed by atoms with van der Waals surface area (Å²) in [4.78, 5) is 0. The van der Waals surface area contributed by atoms with Gasteiger partial charge in [0.05, 0.1) is 6.20 Å². The third-order valence-electron chi connectivity index (χ3n) is 2.96. The summed E-state index contributed by atoms with van der Waals surface area (Å²) in [6, 6.07) is 0.418. The number of hydrogen-bond acceptors (Lipinski definition) is 4. The molecule has 2 rings (SSSR count). The molecule has 3 atom stereocenters. The van der Waals surface area contributed by atoms with E-state index in [2.05, 4.69) is 47.1 Å². The van der Waals surface area contributed by atoms with Crippen LogP contribution in [-0.4, -0.2) is 38.8 Å². The van der Waals surface area contributed by atoms with E-state index in [0.717, 1.165) is 0 Å². The lowest BCUT2D eigenvalue weighted by Crippen LogP contribution is -2.35. The summed E-state index contributed by atoms with van der Waals surface area (Å²) < 4.78 is 1.88. The molecule has 5 heteroatoms. The van der Waals surface area contributed by atoms with Crippen molar-refractivity contribution in [3.05, 3.63) is 18.0 Å². The van der Waals surface area contributed by atoms with Crippen LogP contribution in [0.1, 0.15) is 18.5 Å². The maximum Gasteiger partial charge on any atom is 0.0537 e. The number of rotatable bonds is 3. The van der Waals surface area contributed by atoms with Gasteiger partial charge in [-0.2, -0.15) is 28.6 Å². The second-order valence-electron chi connectivity index (χ2n) is 4.12. The lowest BCUT2D eigenvalue weighted by Gasteiger charge is -2.33. The molecule has 0 amide bonds. The first-order chi connectivity index (χ1) is 7.72. The summed E-state index contributed by atoms with van der Waals surface area (Å²) in [5.41, 5.74) is 1.30. The Morgan fingerprint density at radius 1 is 1.50 bits per heavy atom. The predicted octanol–water partition coefficient (Wildman–Crippen LogP) is 1.92. The zero-order chi connectivity index (χ0) is 11.5. The van der Waals surface area contributed by atoms with Crippen LogP contribution in [0.4, 0.5) is 0 Å². The monoisotopic (exact) mass is 257 g/mol. The number of hydrogen-bond donors (Lipinski definition) is 1. The fourth-order valence-electron chi connectivity index (χ4n) is 2.14. The number of nitrogens with one attached hydrogen (secondary N) is 1. The summed E-state index contributed by atoms with van der Waals surface area (Å²) >= 11 is 4.17. The van der Waals surface area contributed by atoms with Gasteiger partial charge in [0.25, 0.3) is 0 Å². The third kappa shape index (κ3) is 2.57. The highest BCUT2D eigenvalue weighted by Gasteiger charge is 2.31. The lowest BCUT2D eigenvalue weighted by atomic mass is 10.1. The molecule has 0 spiro atoms. The Morgan fingerprint density at radius 3 is 2.81 bits per heavy atom. The molecular weight excluding hydrogens is 238 g/mol. The average Bonchev–Trinajstić information content (AvgIpc) is 2.69. The van der Waals surface area contributed by atoms with E-state index < -0.39 is 0 Å². The van der Waals surface area contributed by atoms with E-state index in [1.54, 1.807) is 0 Å². The zero-order valence-corrected chi connectivity index (χ0v) is 11.6. The molecule has 0 saturated carbocycles. The van der Waals surface area contributed by atoms with Gasteiger partial charge in [-0.15, -0.1) is 0 Å². The van der Waals surface area contributed by atoms with Gasteiger partial charge in [-0.05, 0) is 7.05 Å². The SMILES string of the molecule is CNC(c1cnn(C)c1)C1SCCSC1C. The van der Waals surface area contributed by atoms with E-state index in [9.17, 15) is 0 Å². The van der Waals surface area contributed by atoms with Gasteiger partial charge in [0.2, 0.25) is 0 Å². The largest absolute Gasteiger partial charge is 0.312 e. The molecule has 1 aromatic heterocycles. The predicted molar refractivity (Wildman–Crippen MR) is 73.2 cm³/mol. The fourth-order valence-corrected chi connectivity index (χ4v) is 5.13. The highest BCUT2D eigenvalue weighted by atomic mass is 32.2. The molecule has 16 heavy (non-hydrogen) atoms. The minimum Gasteiger partial charge on any atom is -0.312 e. The molecule has 0 aromatic carbocycles. The van der Waals surface area contributed by atoms with Gasteiger partial charge in [0.15, 0.2) is 0 Å². The van der Waals surface area contributed by atoms with Gasteiger partial charge < -0.3 is 5.32 Å². The van der Waals surface area contributed by atoms with Gasteiger partial charge in [-0.3, -0.25) is 4.68 Å². The first kappa shape index (κ1) is 12.3. The van der Waals surface area contributed by atoms with Gasteiger partial charge in [-0.1, -0.05) is 6.92 Å². The van der Waals surface area contributed by atoms with Crippen LogP contribution in [-0.2, 0) is 7.05 Å². The van der Waals surface area contributed by atoms with Crippen molar-refractivity contribution in [1.29, 1.82) is 0 Å². The second kappa shape index (κ2) is 5.47. The van der Waals surface area contributed by atoms with Gasteiger partial charge in [0.1, 0.15) is 0 Å². The van der Waals surface area contributed by atoms with Crippen molar-refractivity contribution in [1.82, 2.24) is 15.1 Å². The van der Waals surface area contributed by atoms with Crippen molar-refractivity contribution in [2.45, 2.75) is 23.5 Å². The topological polar surface area (TPSA) is 29.9 Å². The van der Waals surface area contributed by atoms with Crippen LogP contribution in [0.3, 0.4) is 0 Å². The molecule has 1 aliphatic heterocycles. The Balaban J connectivity index is 2.14. The van der Waals surface area contributed by atoms with E-state index in [4.69, 9.17) is 0 Å². The number of nitrogens with zero attached hydrogens (tertiary/aromatic N) is 2. The van der Waals surface area contributed by atoms with Crippen LogP contribution in [0, 0.1) is 0 Å². The quantitative estimate of drug-likeness (QED) is 0.896. The molecule has 1 aliphatic rings. The van der Waals surface area contributed by atoms with Gasteiger partial charge >= 0.3 is 0 Å². The summed E-state index contributed by atoms with van der Waals surface area (Å²) in [6.07, 6.45) is 4.10. The number of thioether (sulfide) groups is 2. The molecule has 0 radical (unpaired) electrons. The Morgan fingerprint density at radius 2 is 2.25 bits per heavy atom. The van der Waals surface area contributed by atoms with Crippen molar-refractivity contribution < 1.29 is 0 Å². The molecule has 0 aliphatic carbocycles. The maximum absolute atomic E-state index is 4.27. The number of aromatic nitrogens is 2. The van der Waals surface area contributed by atoms with Crippen LogP contribution < -0.4 is 5.32 Å². The Labute approximate surface area is 106 Å². The normalized spacial score (nSPS) is 27.9. The van der Waals surface area contributed by atoms with Gasteiger partial charge in [0, 0.05) is 46.9 Å². The van der Waals surface area contributed by atoms with Crippen LogP contribution in [0.25, 0.3) is 0 Å². The summed E-state index contributed by atoms with van der Waals surface area (Å²) in [5, 5.41) is 9.06. The van der Waals surface area contributed by atoms with Crippen LogP contribution in [0.15, 0.2) is 12.4 Å². The highest BCUT2D eigenvalue weighted by Crippen LogP contribution is 2.38. The molecule has 1 aromatic rings. The maximum atomic E-state index is 4.27. The summed E-state index contributed by atoms with van der Waals surface area (Å²) in [5.74, 6) is 2.55. The zero-order valence-electron chi connectivity index (χ0n) is 10.0. The van der Waals surface area contributed by atoms with Gasteiger partial charge in [-0.25, -0.2) is 0 Å². The molecule has 1 fully saturated rings. The second-order valence-corrected chi connectivity index (χ2v) is 6.90. The minimum absolute atomic E-state index is 0.418. The van der Waals surface area contributed by atoms with Crippen LogP contribution >= 0.6 is 23.5 Å². The molecule has 3 unspecified atom stereocenters. The first-order valence-electron chi connectivity index (χ1n) is 5.61. The Kier molecular flexibility index (Phi) is 4.21. The molecule has 2 heterocycles. The van der Waals surface area contributed by atoms with E-state index in [1.807, 2.05) is 25.0 Å². The average molecular weight is 257 g/mol. The van der Waals surface area contributed by atoms with Crippen molar-refractivity contribution in [3.63, 3.8) is 0 Å². The minimum atomic E-state index is 0.418. The molecule has 3 nitrogen and oxygen atoms in total. The molecule has 1 N–H and O–H groups in total. The molecule has 90 valence electrons. The number of aryl methyl sites for hydroxylation is 1. The molecule has 1 saturated heterocycles. The van der Waals surface area contributed by atoms with E-state index in [-0.39, 0.29) is 0 Å². The van der Waals surface area contributed by atoms with E-state index in [1.165, 1.54) is 17.1 Å². The van der Waals surface area contributed by atoms with Crippen molar-refractivity contribution in [3.8, 4) is 0 Å². The summed E-state index contributed by atoms with van der Waals surface area (Å²) in [7, 11) is 4.02. The van der Waals surface area contributed by atoms with Crippen molar-refractivity contribution >= 4 is 23.5 Å².